The molecule has 2 rings (SSSR count). The number of ether oxygens (including phenoxy) is 1. The van der Waals surface area contributed by atoms with Crippen molar-refractivity contribution in [3.8, 4) is 0 Å². The van der Waals surface area contributed by atoms with Crippen molar-refractivity contribution in [3.63, 3.8) is 0 Å². The molecule has 0 saturated heterocycles. The molecule has 136 valence electrons. The maximum Gasteiger partial charge on any atom is 0.426 e. The lowest BCUT2D eigenvalue weighted by atomic mass is 10.1. The molecule has 1 atom stereocenters. The fourth-order valence-corrected chi connectivity index (χ4v) is 3.06. The van der Waals surface area contributed by atoms with Crippen LogP contribution in [0.2, 0.25) is 0 Å². The smallest absolute Gasteiger partial charge is 0.426 e. The number of thioether (sulfide) groups is 1. The first-order valence-electron chi connectivity index (χ1n) is 7.11. The van der Waals surface area contributed by atoms with Crippen LogP contribution >= 0.6 is 11.8 Å². The minimum Gasteiger partial charge on any atom is -0.449 e. The Kier molecular flexibility index (Phi) is 5.77. The molecule has 1 heterocycles. The third kappa shape index (κ3) is 5.02. The molecule has 11 heteroatoms. The maximum absolute atomic E-state index is 12.7. The van der Waals surface area contributed by atoms with E-state index in [-0.39, 0.29) is 18.7 Å². The lowest BCUT2D eigenvalue weighted by Crippen LogP contribution is -2.44. The first kappa shape index (κ1) is 18.9. The largest absolute Gasteiger partial charge is 0.449 e. The summed E-state index contributed by atoms with van der Waals surface area (Å²) in [4.78, 5) is 35.2. The number of halogens is 3. The summed E-state index contributed by atoms with van der Waals surface area (Å²) in [5.41, 5.74) is 3.26. The molecular formula is C14H14F3N3O4S. The number of hydrogen-bond donors (Lipinski definition) is 3. The number of benzene rings is 1. The number of fused-ring (bicyclic) bond motifs is 1. The van der Waals surface area contributed by atoms with E-state index in [1.165, 1.54) is 6.07 Å². The predicted octanol–water partition coefficient (Wildman–Crippen LogP) is 2.29. The van der Waals surface area contributed by atoms with Crippen molar-refractivity contribution in [2.24, 2.45) is 0 Å². The van der Waals surface area contributed by atoms with Crippen LogP contribution in [0.1, 0.15) is 18.9 Å². The second-order valence-corrected chi connectivity index (χ2v) is 6.15. The number of amides is 3. The maximum atomic E-state index is 12.7. The van der Waals surface area contributed by atoms with E-state index in [2.05, 4.69) is 15.5 Å². The van der Waals surface area contributed by atoms with Crippen molar-refractivity contribution in [1.82, 2.24) is 10.9 Å². The molecule has 1 aliphatic heterocycles. The number of hydrazine groups is 1. The summed E-state index contributed by atoms with van der Waals surface area (Å²) >= 11 is 0.973. The average molecular weight is 377 g/mol. The van der Waals surface area contributed by atoms with Gasteiger partial charge in [-0.2, -0.15) is 13.2 Å². The van der Waals surface area contributed by atoms with Crippen LogP contribution in [0, 0.1) is 0 Å². The molecule has 0 radical (unpaired) electrons. The van der Waals surface area contributed by atoms with Crippen LogP contribution in [0.5, 0.6) is 0 Å². The van der Waals surface area contributed by atoms with Gasteiger partial charge in [-0.25, -0.2) is 10.2 Å². The third-order valence-electron chi connectivity index (χ3n) is 3.08. The molecule has 1 aromatic carbocycles. The fourth-order valence-electron chi connectivity index (χ4n) is 1.97. The highest BCUT2D eigenvalue weighted by Crippen LogP contribution is 2.40. The summed E-state index contributed by atoms with van der Waals surface area (Å²) < 4.78 is 42.6. The molecule has 3 N–H and O–H groups in total. The van der Waals surface area contributed by atoms with Gasteiger partial charge >= 0.3 is 12.3 Å². The number of hydrogen-bond acceptors (Lipinski definition) is 5. The normalized spacial score (nSPS) is 16.5. The van der Waals surface area contributed by atoms with Crippen molar-refractivity contribution in [1.29, 1.82) is 0 Å². The first-order valence-corrected chi connectivity index (χ1v) is 7.99. The molecular weight excluding hydrogens is 363 g/mol. The molecule has 25 heavy (non-hydrogen) atoms. The Morgan fingerprint density at radius 2 is 2.04 bits per heavy atom. The fraction of sp³-hybridized carbons (Fsp3) is 0.357. The van der Waals surface area contributed by atoms with Gasteiger partial charge in [-0.15, -0.1) is 11.8 Å². The molecule has 1 aliphatic rings. The Bertz CT molecular complexity index is 696. The van der Waals surface area contributed by atoms with Gasteiger partial charge < -0.3 is 10.1 Å². The van der Waals surface area contributed by atoms with E-state index in [9.17, 15) is 27.6 Å². The average Bonchev–Trinajstić information content (AvgIpc) is 2.52. The number of carbonyl (C=O) groups is 3. The van der Waals surface area contributed by atoms with E-state index in [1.54, 1.807) is 6.92 Å². The molecule has 3 amide bonds. The van der Waals surface area contributed by atoms with Crippen LogP contribution in [0.4, 0.5) is 23.7 Å². The van der Waals surface area contributed by atoms with Crippen LogP contribution < -0.4 is 16.2 Å². The standard InChI is InChI=1S/C14H14F3N3O4S/c1-2-24-13(23)20-19-11(21)6-10-12(22)18-8-5-7(14(15,16)17)3-4-9(8)25-10/h3-5,10H,2,6H2,1H3,(H,18,22)(H,19,21)(H,20,23)/t10-/m0/s1. The van der Waals surface area contributed by atoms with Crippen molar-refractivity contribution in [2.75, 3.05) is 11.9 Å². The summed E-state index contributed by atoms with van der Waals surface area (Å²) in [5.74, 6) is -1.24. The topological polar surface area (TPSA) is 96.5 Å². The van der Waals surface area contributed by atoms with Crippen molar-refractivity contribution in [3.05, 3.63) is 23.8 Å². The van der Waals surface area contributed by atoms with Crippen molar-refractivity contribution < 1.29 is 32.3 Å². The SMILES string of the molecule is CCOC(=O)NNC(=O)C[C@@H]1Sc2ccc(C(F)(F)F)cc2NC1=O. The van der Waals surface area contributed by atoms with Gasteiger partial charge in [0.2, 0.25) is 11.8 Å². The zero-order valence-corrected chi connectivity index (χ0v) is 13.7. The Morgan fingerprint density at radius 1 is 1.32 bits per heavy atom. The molecule has 0 saturated carbocycles. The number of alkyl halides is 3. The molecule has 0 aliphatic carbocycles. The molecule has 1 aromatic rings. The molecule has 7 nitrogen and oxygen atoms in total. The number of anilines is 1. The van der Waals surface area contributed by atoms with Crippen LogP contribution in [-0.2, 0) is 20.5 Å². The van der Waals surface area contributed by atoms with E-state index < -0.39 is 34.9 Å². The van der Waals surface area contributed by atoms with E-state index in [0.717, 1.165) is 23.9 Å². The first-order chi connectivity index (χ1) is 11.7. The quantitative estimate of drug-likeness (QED) is 0.703. The molecule has 0 aromatic heterocycles. The molecule has 0 unspecified atom stereocenters. The van der Waals surface area contributed by atoms with Gasteiger partial charge in [-0.05, 0) is 25.1 Å². The third-order valence-corrected chi connectivity index (χ3v) is 4.35. The summed E-state index contributed by atoms with van der Waals surface area (Å²) in [6.45, 7) is 1.71. The minimum atomic E-state index is -4.51. The summed E-state index contributed by atoms with van der Waals surface area (Å²) in [6, 6.07) is 2.99. The monoisotopic (exact) mass is 377 g/mol. The second-order valence-electron chi connectivity index (χ2n) is 4.90. The van der Waals surface area contributed by atoms with Crippen molar-refractivity contribution >= 4 is 35.4 Å². The zero-order chi connectivity index (χ0) is 18.6. The number of rotatable bonds is 3. The summed E-state index contributed by atoms with van der Waals surface area (Å²) in [6.07, 6.45) is -5.63. The Labute approximate surface area is 144 Å². The number of nitrogens with one attached hydrogen (secondary N) is 3. The van der Waals surface area contributed by atoms with Gasteiger partial charge in [0.1, 0.15) is 0 Å². The van der Waals surface area contributed by atoms with Crippen LogP contribution in [-0.4, -0.2) is 29.8 Å². The van der Waals surface area contributed by atoms with Gasteiger partial charge in [0.25, 0.3) is 0 Å². The Morgan fingerprint density at radius 3 is 2.68 bits per heavy atom. The van der Waals surface area contributed by atoms with E-state index in [4.69, 9.17) is 0 Å². The van der Waals surface area contributed by atoms with Gasteiger partial charge in [0.05, 0.1) is 23.1 Å². The van der Waals surface area contributed by atoms with Crippen molar-refractivity contribution in [2.45, 2.75) is 29.7 Å². The van der Waals surface area contributed by atoms with E-state index in [0.29, 0.717) is 4.90 Å². The highest BCUT2D eigenvalue weighted by molar-refractivity contribution is 8.01. The van der Waals surface area contributed by atoms with Gasteiger partial charge in [-0.1, -0.05) is 0 Å². The summed E-state index contributed by atoms with van der Waals surface area (Å²) in [7, 11) is 0. The van der Waals surface area contributed by atoms with Crippen LogP contribution in [0.15, 0.2) is 23.1 Å². The number of carbonyl (C=O) groups excluding carboxylic acids is 3. The lowest BCUT2D eigenvalue weighted by Gasteiger charge is -2.24. The highest BCUT2D eigenvalue weighted by atomic mass is 32.2. The van der Waals surface area contributed by atoms with E-state index >= 15 is 0 Å². The molecule has 0 bridgehead atoms. The van der Waals surface area contributed by atoms with Gasteiger partial charge in [0.15, 0.2) is 0 Å². The minimum absolute atomic E-state index is 0.0473. The Hall–Kier alpha value is -2.43. The summed E-state index contributed by atoms with van der Waals surface area (Å²) in [5, 5.41) is 1.52. The Balaban J connectivity index is 1.98. The molecule has 0 spiro atoms. The zero-order valence-electron chi connectivity index (χ0n) is 12.9. The van der Waals surface area contributed by atoms with E-state index in [1.807, 2.05) is 5.43 Å². The molecule has 0 fully saturated rings. The highest BCUT2D eigenvalue weighted by Gasteiger charge is 2.34. The van der Waals surface area contributed by atoms with Crippen LogP contribution in [0.3, 0.4) is 0 Å². The second kappa shape index (κ2) is 7.64. The van der Waals surface area contributed by atoms with Gasteiger partial charge in [-0.3, -0.25) is 15.0 Å². The van der Waals surface area contributed by atoms with Gasteiger partial charge in [0, 0.05) is 11.3 Å². The predicted molar refractivity (Wildman–Crippen MR) is 82.6 cm³/mol. The lowest BCUT2D eigenvalue weighted by molar-refractivity contribution is -0.137. The van der Waals surface area contributed by atoms with Crippen LogP contribution in [0.25, 0.3) is 0 Å².